The highest BCUT2D eigenvalue weighted by Crippen LogP contribution is 2.47. The molecule has 0 aromatic heterocycles. The number of quaternary nitrogens is 1. The quantitative estimate of drug-likeness (QED) is 0.0187. The van der Waals surface area contributed by atoms with Crippen molar-refractivity contribution in [2.45, 2.75) is 332 Å². The van der Waals surface area contributed by atoms with Crippen molar-refractivity contribution in [1.29, 1.82) is 0 Å². The summed E-state index contributed by atoms with van der Waals surface area (Å²) in [7, 11) is -5.87. The molecule has 0 spiro atoms. The number of hydrogen-bond acceptors (Lipinski definition) is 24. The number of carboxylic acid groups (broad SMARTS) is 1. The Bertz CT molecular complexity index is 4550. The molecule has 6 aliphatic carbocycles. The second-order valence-corrected chi connectivity index (χ2v) is 52.5. The van der Waals surface area contributed by atoms with Crippen LogP contribution in [0.15, 0.2) is 4.99 Å². The number of nitrogens with one attached hydrogen (secondary N) is 7. The van der Waals surface area contributed by atoms with Crippen LogP contribution in [0, 0.1) is 85.8 Å². The van der Waals surface area contributed by atoms with Crippen molar-refractivity contribution in [1.82, 2.24) is 64.8 Å². The fourth-order valence-corrected chi connectivity index (χ4v) is 20.7. The van der Waals surface area contributed by atoms with E-state index in [-0.39, 0.29) is 91.2 Å². The maximum atomic E-state index is 14.3. The molecule has 0 aromatic carbocycles. The number of primary amides is 3. The van der Waals surface area contributed by atoms with Crippen LogP contribution in [-0.2, 0) is 97.2 Å². The number of carbonyl (C=O) groups is 15. The van der Waals surface area contributed by atoms with Gasteiger partial charge < -0.3 is 84.8 Å². The van der Waals surface area contributed by atoms with Crippen LogP contribution < -0.4 is 65.3 Å². The van der Waals surface area contributed by atoms with Crippen molar-refractivity contribution in [2.24, 2.45) is 108 Å². The number of likely N-dealkylation sites (tertiary alicyclic amines) is 3. The third-order valence-electron chi connectivity index (χ3n) is 29.4. The molecule has 41 nitrogen and oxygen atoms in total. The second kappa shape index (κ2) is 49.3. The Hall–Kier alpha value is -8.68. The highest BCUT2D eigenvalue weighted by Gasteiger charge is 2.57. The first kappa shape index (κ1) is 120. The number of carbonyl (C=O) groups excluding carboxylic acids is 16. The summed E-state index contributed by atoms with van der Waals surface area (Å²) in [6.07, 6.45) is 22.7. The van der Waals surface area contributed by atoms with Crippen molar-refractivity contribution in [3.05, 3.63) is 0 Å². The summed E-state index contributed by atoms with van der Waals surface area (Å²) in [6, 6.07) is -10.6. The summed E-state index contributed by atoms with van der Waals surface area (Å²) in [6.45, 7) is 34.8. The Morgan fingerprint density at radius 3 is 0.870 bits per heavy atom. The molecule has 3 saturated heterocycles. The smallest absolute Gasteiger partial charge is 0.315 e. The Labute approximate surface area is 818 Å². The Balaban J connectivity index is 0.000000404. The molecule has 788 valence electrons. The van der Waals surface area contributed by atoms with Crippen molar-refractivity contribution in [3.8, 4) is 0 Å². The number of nitrogens with two attached hydrogens (primary N) is 3. The predicted octanol–water partition coefficient (Wildman–Crippen LogP) is 1.97. The van der Waals surface area contributed by atoms with E-state index in [1.807, 2.05) is 125 Å². The molecule has 44 heteroatoms. The summed E-state index contributed by atoms with van der Waals surface area (Å²) in [5.74, 6) is -6.73. The number of hydrogen-bond donors (Lipinski definition) is 11. The summed E-state index contributed by atoms with van der Waals surface area (Å²) in [5, 5.41) is 28.1. The largest absolute Gasteiger partial charge is 0.554 e. The zero-order valence-electron chi connectivity index (χ0n) is 86.0. The van der Waals surface area contributed by atoms with Gasteiger partial charge in [-0.15, -0.1) is 0 Å². The topological polar surface area (TPSA) is 620 Å². The van der Waals surface area contributed by atoms with Crippen LogP contribution in [0.2, 0.25) is 0 Å². The molecule has 9 aliphatic rings. The van der Waals surface area contributed by atoms with Gasteiger partial charge in [-0.1, -0.05) is 202 Å². The number of fused-ring (bicyclic) bond motifs is 3. The molecule has 0 bridgehead atoms. The summed E-state index contributed by atoms with van der Waals surface area (Å²) < 4.78 is 74.2. The molecule has 0 radical (unpaired) electrons. The van der Waals surface area contributed by atoms with Gasteiger partial charge in [0.25, 0.3) is 23.6 Å². The number of rotatable bonds is 35. The number of ketones is 3. The number of Topliss-reactive ketones (excluding diaryl/α,β-unsaturated/α-hetero) is 3. The summed E-state index contributed by atoms with van der Waals surface area (Å²) in [5.41, 5.74) is 16.9. The van der Waals surface area contributed by atoms with Crippen molar-refractivity contribution in [3.63, 3.8) is 0 Å². The highest BCUT2D eigenvalue weighted by molar-refractivity contribution is 7.88. The number of sulfonamides is 3. The monoisotopic (exact) mass is 2010 g/mol. The molecule has 13 amide bonds. The Kier molecular flexibility index (Phi) is 42.8. The second-order valence-electron chi connectivity index (χ2n) is 46.3. The molecule has 3 aliphatic heterocycles. The van der Waals surface area contributed by atoms with Crippen LogP contribution in [-0.4, -0.2) is 300 Å². The molecule has 138 heavy (non-hydrogen) atoms. The Morgan fingerprint density at radius 1 is 0.406 bits per heavy atom. The maximum absolute atomic E-state index is 14.3. The van der Waals surface area contributed by atoms with Gasteiger partial charge >= 0.3 is 12.1 Å². The van der Waals surface area contributed by atoms with Gasteiger partial charge in [-0.25, -0.2) is 57.5 Å². The first-order chi connectivity index (χ1) is 63.2. The molecular formula is C94H166N18O23S3. The first-order valence-electron chi connectivity index (χ1n) is 48.4. The summed E-state index contributed by atoms with van der Waals surface area (Å²) >= 11 is 0. The van der Waals surface area contributed by atoms with Crippen LogP contribution >= 0.6 is 0 Å². The minimum Gasteiger partial charge on any atom is -0.554 e. The first-order valence-corrected chi connectivity index (χ1v) is 53.9. The number of isocyanates is 1. The molecule has 3 heterocycles. The lowest BCUT2D eigenvalue weighted by molar-refractivity contribution is -0.428. The molecular weight excluding hydrogens is 1850 g/mol. The van der Waals surface area contributed by atoms with Crippen molar-refractivity contribution in [2.75, 3.05) is 79.2 Å². The minimum absolute atomic E-state index is 0. The zero-order chi connectivity index (χ0) is 105. The number of amides is 13. The third kappa shape index (κ3) is 34.0. The van der Waals surface area contributed by atoms with Crippen LogP contribution in [0.3, 0.4) is 0 Å². The van der Waals surface area contributed by atoms with Gasteiger partial charge in [-0.3, -0.25) is 57.5 Å². The van der Waals surface area contributed by atoms with E-state index in [4.69, 9.17) is 27.1 Å². The Morgan fingerprint density at radius 2 is 0.659 bits per heavy atom. The fourth-order valence-electron chi connectivity index (χ4n) is 19.4. The fraction of sp³-hybridized carbons (Fsp3) is 0.830. The third-order valence-corrected chi connectivity index (χ3v) is 33.2. The molecule has 3 unspecified atom stereocenters. The number of aliphatic imine (C=N–C) groups is 1. The van der Waals surface area contributed by atoms with E-state index in [0.717, 1.165) is 134 Å². The highest BCUT2D eigenvalue weighted by atomic mass is 32.2. The molecule has 9 rings (SSSR count). The van der Waals surface area contributed by atoms with Gasteiger partial charge in [0.15, 0.2) is 6.04 Å². The van der Waals surface area contributed by atoms with Gasteiger partial charge in [0, 0.05) is 85.8 Å². The van der Waals surface area contributed by atoms with Gasteiger partial charge in [0.1, 0.15) is 30.2 Å². The van der Waals surface area contributed by atoms with Crippen LogP contribution in [0.4, 0.5) is 9.59 Å². The van der Waals surface area contributed by atoms with Crippen molar-refractivity contribution < 1.29 is 114 Å². The van der Waals surface area contributed by atoms with E-state index >= 15 is 0 Å². The standard InChI is InChI=1S/2C31H54N6O7S.C22H36N4O4.C9H18N2O3S.CH2O2.H2/c2*1-30(2,3)22(17-36(7)45(8,43)44)34-29(42)35-25(31(4,5)6)28(41)37-16-19-13-10-14-20(19)23(37)27(40)33-21(24(38)26(32)39)15-18-11-9-12-18;1-22(2,3)18(23)21(30)26-11-13-8-5-9-14(13)16(26)20(29)25-15(17(27)19(24)28)10-12-6-4-7-12;1-9(2,3)8(10-7-12)6-11(4)15(5,13)14;2-1-3;/h2*18-23,25H,9-17H2,1-8H3,(H2,32,39)(H,33,40)(H2,34,35,42);12-16,18H,4-11,23H2,1-3H3,(H2,24,28)(H,25,29);8H,6H2,1-5H3;1H,(H,2,3);1H/t2*19-,20-,21?,22+,23-,25+;13-,14-,15?,16-,18+;8-;;/m0001../s1/i;;;;;1+1. The average Bonchev–Trinajstić information content (AvgIpc) is 1.54. The van der Waals surface area contributed by atoms with Crippen molar-refractivity contribution >= 4 is 125 Å². The molecule has 0 aromatic rings. The minimum atomic E-state index is -3.49. The van der Waals surface area contributed by atoms with E-state index in [9.17, 15) is 97.2 Å². The van der Waals surface area contributed by atoms with Crippen LogP contribution in [0.1, 0.15) is 261 Å². The lowest BCUT2D eigenvalue weighted by Crippen LogP contribution is -2.73. The molecule has 6 saturated carbocycles. The predicted molar refractivity (Wildman–Crippen MR) is 518 cm³/mol. The van der Waals surface area contributed by atoms with Crippen LogP contribution in [0.25, 0.3) is 0 Å². The van der Waals surface area contributed by atoms with Gasteiger partial charge in [0.2, 0.25) is 83.0 Å². The lowest BCUT2D eigenvalue weighted by Gasteiger charge is -2.38. The van der Waals surface area contributed by atoms with E-state index in [1.165, 1.54) is 49.9 Å². The average molecular weight is 2010 g/mol. The van der Waals surface area contributed by atoms with E-state index in [0.29, 0.717) is 50.7 Å². The SMILES string of the molecule is CC(C)(C)[C@H]([NH3+])C(=O)N1C[C@@H]2CCC[C@@H]2[C@H]1C(=O)NC(CC1CCC1)C(=O)C(N)=O.CN(C[C@@H](N=C=O)C(C)(C)C)S(C)(=O)=O.CN(C[C@@H](NC(=O)N[C@H](C(=O)N1C[C@@H]2CCC[C@@H]2[C@H]1C(=O)NC(CC1CCC1)C(=O)C(N)=O)C(C)(C)C)C(C)(C)C)S(C)(=O)=O.CN(C[C@@H](NC(=O)N[C@H](C(=O)N1C[C@@H]2CCC[C@@H]2[C@H]1C(=O)NC(CC1CCC1)C(=O)C(N)=O)C(C)(C)C)C(C)(C)C)S(C)(=O)=O.O=C[O-].[2HH]. The molecule has 18 atom stereocenters. The summed E-state index contributed by atoms with van der Waals surface area (Å²) in [4.78, 5) is 210. The van der Waals surface area contributed by atoms with E-state index < -0.39 is 195 Å². The van der Waals surface area contributed by atoms with Gasteiger partial charge in [-0.05, 0) is 138 Å². The lowest BCUT2D eigenvalue weighted by atomic mass is 9.80. The van der Waals surface area contributed by atoms with Gasteiger partial charge in [-0.2, -0.15) is 0 Å². The maximum Gasteiger partial charge on any atom is 0.315 e. The van der Waals surface area contributed by atoms with Gasteiger partial charge in [0.05, 0.1) is 42.9 Å². The number of urea groups is 2. The molecule has 9 fully saturated rings. The number of likely N-dealkylation sites (N-methyl/N-ethyl adjacent to an activating group) is 3. The zero-order valence-corrected chi connectivity index (χ0v) is 88.4. The normalized spacial score (nSPS) is 23.7. The number of nitrogens with zero attached hydrogens (tertiary/aromatic N) is 7. The van der Waals surface area contributed by atoms with Crippen LogP contribution in [0.5, 0.6) is 0 Å². The van der Waals surface area contributed by atoms with E-state index in [1.54, 1.807) is 4.90 Å². The molecule has 16 N–H and O–H groups in total. The van der Waals surface area contributed by atoms with E-state index in [2.05, 4.69) is 47.9 Å².